The first-order chi connectivity index (χ1) is 11.0. The van der Waals surface area contributed by atoms with Crippen LogP contribution in [-0.2, 0) is 16.4 Å². The van der Waals surface area contributed by atoms with Crippen molar-refractivity contribution in [3.63, 3.8) is 0 Å². The van der Waals surface area contributed by atoms with Crippen LogP contribution >= 0.6 is 0 Å². The van der Waals surface area contributed by atoms with Gasteiger partial charge in [-0.2, -0.15) is 4.98 Å². The summed E-state index contributed by atoms with van der Waals surface area (Å²) in [5, 5.41) is 6.36. The Kier molecular flexibility index (Phi) is 4.42. The molecule has 0 saturated carbocycles. The summed E-state index contributed by atoms with van der Waals surface area (Å²) in [6.45, 7) is 2.46. The molecule has 1 fully saturated rings. The van der Waals surface area contributed by atoms with Crippen LogP contribution in [0.15, 0.2) is 30.6 Å². The molecule has 0 spiro atoms. The summed E-state index contributed by atoms with van der Waals surface area (Å²) in [7, 11) is -2.91. The fraction of sp³-hybridized carbons (Fsp3) is 0.400. The standard InChI is InChI=1S/C15H19N5O2S/c1-11-7-14(19-13-4-6-23(21,22)10-13)20-15(18-11)17-9-12-3-2-5-16-8-12/h2-3,5,7-8,13H,4,6,9-10H2,1H3,(H2,17,18,19,20). The van der Waals surface area contributed by atoms with Gasteiger partial charge < -0.3 is 10.6 Å². The first-order valence-corrected chi connectivity index (χ1v) is 9.28. The number of rotatable bonds is 5. The molecular weight excluding hydrogens is 314 g/mol. The van der Waals surface area contributed by atoms with E-state index in [0.717, 1.165) is 11.3 Å². The molecule has 1 unspecified atom stereocenters. The van der Waals surface area contributed by atoms with Gasteiger partial charge in [0, 0.05) is 36.7 Å². The van der Waals surface area contributed by atoms with Crippen molar-refractivity contribution in [1.82, 2.24) is 15.0 Å². The molecule has 0 radical (unpaired) electrons. The third kappa shape index (κ3) is 4.38. The van der Waals surface area contributed by atoms with Crippen LogP contribution in [0.4, 0.5) is 11.8 Å². The zero-order chi connectivity index (χ0) is 16.3. The van der Waals surface area contributed by atoms with Crippen LogP contribution in [-0.4, -0.2) is 40.9 Å². The van der Waals surface area contributed by atoms with Crippen LogP contribution in [0.25, 0.3) is 0 Å². The van der Waals surface area contributed by atoms with E-state index in [0.29, 0.717) is 24.7 Å². The van der Waals surface area contributed by atoms with Gasteiger partial charge in [0.2, 0.25) is 5.95 Å². The fourth-order valence-corrected chi connectivity index (χ4v) is 4.20. The molecule has 3 rings (SSSR count). The Morgan fingerprint density at radius 3 is 2.91 bits per heavy atom. The molecule has 122 valence electrons. The van der Waals surface area contributed by atoms with E-state index in [1.807, 2.05) is 25.1 Å². The minimum atomic E-state index is -2.91. The molecule has 2 aromatic rings. The number of nitrogens with one attached hydrogen (secondary N) is 2. The summed E-state index contributed by atoms with van der Waals surface area (Å²) in [5.41, 5.74) is 1.85. The van der Waals surface area contributed by atoms with Gasteiger partial charge in [-0.05, 0) is 25.0 Å². The molecule has 0 aliphatic carbocycles. The van der Waals surface area contributed by atoms with Gasteiger partial charge in [-0.3, -0.25) is 4.98 Å². The summed E-state index contributed by atoms with van der Waals surface area (Å²) in [5.74, 6) is 1.56. The maximum atomic E-state index is 11.5. The Hall–Kier alpha value is -2.22. The Balaban J connectivity index is 1.67. The highest BCUT2D eigenvalue weighted by Gasteiger charge is 2.28. The number of sulfone groups is 1. The number of pyridine rings is 1. The molecule has 2 N–H and O–H groups in total. The largest absolute Gasteiger partial charge is 0.366 e. The van der Waals surface area contributed by atoms with Gasteiger partial charge in [0.1, 0.15) is 5.82 Å². The Morgan fingerprint density at radius 1 is 1.35 bits per heavy atom. The average molecular weight is 333 g/mol. The van der Waals surface area contributed by atoms with Gasteiger partial charge in [0.05, 0.1) is 11.5 Å². The van der Waals surface area contributed by atoms with Gasteiger partial charge in [-0.1, -0.05) is 6.07 Å². The van der Waals surface area contributed by atoms with Crippen molar-refractivity contribution in [2.75, 3.05) is 22.1 Å². The Bertz CT molecular complexity index is 780. The van der Waals surface area contributed by atoms with E-state index >= 15 is 0 Å². The number of aromatic nitrogens is 3. The van der Waals surface area contributed by atoms with Gasteiger partial charge in [0.15, 0.2) is 9.84 Å². The van der Waals surface area contributed by atoms with Crippen LogP contribution in [0.1, 0.15) is 17.7 Å². The van der Waals surface area contributed by atoms with E-state index in [-0.39, 0.29) is 17.5 Å². The van der Waals surface area contributed by atoms with Gasteiger partial charge in [-0.15, -0.1) is 0 Å². The van der Waals surface area contributed by atoms with Crippen LogP contribution < -0.4 is 10.6 Å². The average Bonchev–Trinajstić information content (AvgIpc) is 2.84. The van der Waals surface area contributed by atoms with Crippen LogP contribution in [0.3, 0.4) is 0 Å². The number of aryl methyl sites for hydroxylation is 1. The lowest BCUT2D eigenvalue weighted by Crippen LogP contribution is -2.21. The van der Waals surface area contributed by atoms with Gasteiger partial charge in [0.25, 0.3) is 0 Å². The lowest BCUT2D eigenvalue weighted by atomic mass is 10.2. The second-order valence-corrected chi connectivity index (χ2v) is 7.91. The molecule has 23 heavy (non-hydrogen) atoms. The topological polar surface area (TPSA) is 96.9 Å². The van der Waals surface area contributed by atoms with E-state index in [1.165, 1.54) is 0 Å². The molecule has 8 heteroatoms. The van der Waals surface area contributed by atoms with E-state index in [2.05, 4.69) is 25.6 Å². The number of hydrogen-bond donors (Lipinski definition) is 2. The van der Waals surface area contributed by atoms with Crippen molar-refractivity contribution in [2.45, 2.75) is 25.9 Å². The zero-order valence-electron chi connectivity index (χ0n) is 12.9. The molecule has 1 aliphatic rings. The zero-order valence-corrected chi connectivity index (χ0v) is 13.7. The highest BCUT2D eigenvalue weighted by atomic mass is 32.2. The SMILES string of the molecule is Cc1cc(NC2CCS(=O)(=O)C2)nc(NCc2cccnc2)n1. The molecule has 1 saturated heterocycles. The number of hydrogen-bond acceptors (Lipinski definition) is 7. The van der Waals surface area contributed by atoms with E-state index < -0.39 is 9.84 Å². The van der Waals surface area contributed by atoms with E-state index in [4.69, 9.17) is 0 Å². The predicted octanol–water partition coefficient (Wildman–Crippen LogP) is 1.39. The van der Waals surface area contributed by atoms with Crippen molar-refractivity contribution in [3.05, 3.63) is 41.9 Å². The molecule has 1 atom stereocenters. The minimum Gasteiger partial charge on any atom is -0.366 e. The fourth-order valence-electron chi connectivity index (χ4n) is 2.52. The molecule has 7 nitrogen and oxygen atoms in total. The summed E-state index contributed by atoms with van der Waals surface area (Å²) < 4.78 is 23.1. The summed E-state index contributed by atoms with van der Waals surface area (Å²) >= 11 is 0. The van der Waals surface area contributed by atoms with Crippen molar-refractivity contribution in [1.29, 1.82) is 0 Å². The van der Waals surface area contributed by atoms with Crippen molar-refractivity contribution < 1.29 is 8.42 Å². The van der Waals surface area contributed by atoms with Crippen LogP contribution in [0.5, 0.6) is 0 Å². The summed E-state index contributed by atoms with van der Waals surface area (Å²) in [6.07, 6.45) is 4.12. The molecule has 0 bridgehead atoms. The third-order valence-electron chi connectivity index (χ3n) is 3.61. The maximum absolute atomic E-state index is 11.5. The molecular formula is C15H19N5O2S. The molecule has 2 aromatic heterocycles. The minimum absolute atomic E-state index is 0.0829. The first-order valence-electron chi connectivity index (χ1n) is 7.46. The van der Waals surface area contributed by atoms with Crippen molar-refractivity contribution in [2.24, 2.45) is 0 Å². The monoisotopic (exact) mass is 333 g/mol. The second kappa shape index (κ2) is 6.49. The quantitative estimate of drug-likeness (QED) is 0.853. The molecule has 0 aromatic carbocycles. The van der Waals surface area contributed by atoms with Gasteiger partial charge in [-0.25, -0.2) is 13.4 Å². The Labute approximate surface area is 135 Å². The number of anilines is 2. The third-order valence-corrected chi connectivity index (χ3v) is 5.38. The van der Waals surface area contributed by atoms with Crippen molar-refractivity contribution in [3.8, 4) is 0 Å². The normalized spacial score (nSPS) is 19.4. The highest BCUT2D eigenvalue weighted by Crippen LogP contribution is 2.18. The predicted molar refractivity (Wildman–Crippen MR) is 89.0 cm³/mol. The summed E-state index contributed by atoms with van der Waals surface area (Å²) in [4.78, 5) is 12.8. The lowest BCUT2D eigenvalue weighted by molar-refractivity contribution is 0.602. The first kappa shape index (κ1) is 15.7. The maximum Gasteiger partial charge on any atom is 0.225 e. The van der Waals surface area contributed by atoms with E-state index in [9.17, 15) is 8.42 Å². The van der Waals surface area contributed by atoms with Crippen molar-refractivity contribution >= 4 is 21.6 Å². The number of nitrogens with zero attached hydrogens (tertiary/aromatic N) is 3. The second-order valence-electron chi connectivity index (χ2n) is 5.68. The summed E-state index contributed by atoms with van der Waals surface area (Å²) in [6, 6.07) is 5.58. The van der Waals surface area contributed by atoms with Crippen LogP contribution in [0, 0.1) is 6.92 Å². The Morgan fingerprint density at radius 2 is 2.22 bits per heavy atom. The van der Waals surface area contributed by atoms with Gasteiger partial charge >= 0.3 is 0 Å². The van der Waals surface area contributed by atoms with Crippen LogP contribution in [0.2, 0.25) is 0 Å². The highest BCUT2D eigenvalue weighted by molar-refractivity contribution is 7.91. The lowest BCUT2D eigenvalue weighted by Gasteiger charge is -2.13. The van der Waals surface area contributed by atoms with E-state index in [1.54, 1.807) is 12.4 Å². The smallest absolute Gasteiger partial charge is 0.225 e. The molecule has 1 aliphatic heterocycles. The molecule has 3 heterocycles. The molecule has 0 amide bonds.